The molecule has 0 spiro atoms. The molecule has 0 saturated heterocycles. The van der Waals surface area contributed by atoms with Gasteiger partial charge in [0.15, 0.2) is 0 Å². The zero-order valence-corrected chi connectivity index (χ0v) is 7.13. The van der Waals surface area contributed by atoms with E-state index in [1.165, 1.54) is 0 Å². The van der Waals surface area contributed by atoms with Crippen LogP contribution in [-0.2, 0) is 0 Å². The van der Waals surface area contributed by atoms with Gasteiger partial charge in [-0.1, -0.05) is 13.3 Å². The molecule has 0 aliphatic heterocycles. The lowest BCUT2D eigenvalue weighted by Gasteiger charge is -2.07. The van der Waals surface area contributed by atoms with Gasteiger partial charge in [-0.3, -0.25) is 0 Å². The standard InChI is InChI=1S/C9H15NO/c1-3-4-9(10)8-5-6-11-7(8)2/h5-6,9H,3-4,10H2,1-2H3/t9-/m1/s1. The van der Waals surface area contributed by atoms with Gasteiger partial charge in [0.2, 0.25) is 0 Å². The maximum atomic E-state index is 5.89. The molecule has 1 rings (SSSR count). The molecule has 0 fully saturated rings. The second-order valence-corrected chi connectivity index (χ2v) is 2.83. The lowest BCUT2D eigenvalue weighted by atomic mass is 10.0. The van der Waals surface area contributed by atoms with Crippen molar-refractivity contribution in [3.05, 3.63) is 23.7 Å². The lowest BCUT2D eigenvalue weighted by molar-refractivity contribution is 0.520. The van der Waals surface area contributed by atoms with Gasteiger partial charge in [0.05, 0.1) is 6.26 Å². The number of hydrogen-bond donors (Lipinski definition) is 1. The minimum absolute atomic E-state index is 0.152. The molecule has 0 aliphatic rings. The molecular formula is C9H15NO. The van der Waals surface area contributed by atoms with Gasteiger partial charge in [-0.2, -0.15) is 0 Å². The molecule has 2 nitrogen and oxygen atoms in total. The number of nitrogens with two attached hydrogens (primary N) is 1. The van der Waals surface area contributed by atoms with Crippen LogP contribution in [0.15, 0.2) is 16.7 Å². The smallest absolute Gasteiger partial charge is 0.105 e. The van der Waals surface area contributed by atoms with Crippen molar-refractivity contribution in [1.82, 2.24) is 0 Å². The topological polar surface area (TPSA) is 39.2 Å². The van der Waals surface area contributed by atoms with E-state index in [9.17, 15) is 0 Å². The molecule has 1 heterocycles. The van der Waals surface area contributed by atoms with Gasteiger partial charge >= 0.3 is 0 Å². The molecule has 11 heavy (non-hydrogen) atoms. The van der Waals surface area contributed by atoms with Crippen LogP contribution in [0.4, 0.5) is 0 Å². The van der Waals surface area contributed by atoms with Crippen LogP contribution in [0, 0.1) is 6.92 Å². The van der Waals surface area contributed by atoms with Crippen molar-refractivity contribution in [2.24, 2.45) is 5.73 Å². The average Bonchev–Trinajstić information content (AvgIpc) is 2.36. The first-order valence-corrected chi connectivity index (χ1v) is 4.05. The van der Waals surface area contributed by atoms with E-state index in [4.69, 9.17) is 10.2 Å². The first-order chi connectivity index (χ1) is 5.25. The first-order valence-electron chi connectivity index (χ1n) is 4.05. The van der Waals surface area contributed by atoms with E-state index in [1.807, 2.05) is 13.0 Å². The third kappa shape index (κ3) is 1.84. The van der Waals surface area contributed by atoms with Crippen molar-refractivity contribution in [3.8, 4) is 0 Å². The maximum Gasteiger partial charge on any atom is 0.105 e. The van der Waals surface area contributed by atoms with Gasteiger partial charge in [0.25, 0.3) is 0 Å². The molecule has 0 aliphatic carbocycles. The van der Waals surface area contributed by atoms with Gasteiger partial charge in [-0.05, 0) is 19.4 Å². The summed E-state index contributed by atoms with van der Waals surface area (Å²) in [6.07, 6.45) is 3.84. The van der Waals surface area contributed by atoms with Crippen LogP contribution >= 0.6 is 0 Å². The van der Waals surface area contributed by atoms with Crippen molar-refractivity contribution < 1.29 is 4.42 Å². The summed E-state index contributed by atoms with van der Waals surface area (Å²) < 4.78 is 5.15. The fourth-order valence-electron chi connectivity index (χ4n) is 1.25. The summed E-state index contributed by atoms with van der Waals surface area (Å²) in [5.41, 5.74) is 7.04. The Morgan fingerprint density at radius 2 is 2.36 bits per heavy atom. The molecule has 0 amide bonds. The van der Waals surface area contributed by atoms with E-state index in [2.05, 4.69) is 6.92 Å². The van der Waals surface area contributed by atoms with E-state index in [1.54, 1.807) is 6.26 Å². The predicted octanol–water partition coefficient (Wildman–Crippen LogP) is 2.39. The van der Waals surface area contributed by atoms with Crippen LogP contribution in [-0.4, -0.2) is 0 Å². The third-order valence-corrected chi connectivity index (χ3v) is 1.90. The van der Waals surface area contributed by atoms with Crippen molar-refractivity contribution in [1.29, 1.82) is 0 Å². The Morgan fingerprint density at radius 1 is 1.64 bits per heavy atom. The Morgan fingerprint density at radius 3 is 2.82 bits per heavy atom. The van der Waals surface area contributed by atoms with E-state index >= 15 is 0 Å². The Labute approximate surface area is 67.4 Å². The predicted molar refractivity (Wildman–Crippen MR) is 45.3 cm³/mol. The number of rotatable bonds is 3. The Hall–Kier alpha value is -0.760. The zero-order chi connectivity index (χ0) is 8.27. The second-order valence-electron chi connectivity index (χ2n) is 2.83. The SMILES string of the molecule is CCC[C@@H](N)c1ccoc1C. The highest BCUT2D eigenvalue weighted by atomic mass is 16.3. The zero-order valence-electron chi connectivity index (χ0n) is 7.13. The molecule has 0 unspecified atom stereocenters. The summed E-state index contributed by atoms with van der Waals surface area (Å²) in [4.78, 5) is 0. The van der Waals surface area contributed by atoms with E-state index in [0.717, 1.165) is 24.2 Å². The van der Waals surface area contributed by atoms with Gasteiger partial charge in [-0.25, -0.2) is 0 Å². The Balaban J connectivity index is 2.67. The van der Waals surface area contributed by atoms with Gasteiger partial charge in [0.1, 0.15) is 5.76 Å². The largest absolute Gasteiger partial charge is 0.469 e. The van der Waals surface area contributed by atoms with Crippen molar-refractivity contribution in [3.63, 3.8) is 0 Å². The minimum atomic E-state index is 0.152. The molecule has 2 heteroatoms. The quantitative estimate of drug-likeness (QED) is 0.724. The third-order valence-electron chi connectivity index (χ3n) is 1.90. The van der Waals surface area contributed by atoms with E-state index in [-0.39, 0.29) is 6.04 Å². The number of furan rings is 1. The van der Waals surface area contributed by atoms with Crippen LogP contribution in [0.1, 0.15) is 37.1 Å². The summed E-state index contributed by atoms with van der Waals surface area (Å²) in [5, 5.41) is 0. The molecule has 2 N–H and O–H groups in total. The van der Waals surface area contributed by atoms with E-state index < -0.39 is 0 Å². The van der Waals surface area contributed by atoms with Crippen molar-refractivity contribution in [2.45, 2.75) is 32.7 Å². The highest BCUT2D eigenvalue weighted by molar-refractivity contribution is 5.19. The Kier molecular flexibility index (Phi) is 2.71. The number of aryl methyl sites for hydroxylation is 1. The molecule has 0 aromatic carbocycles. The van der Waals surface area contributed by atoms with Crippen molar-refractivity contribution >= 4 is 0 Å². The molecule has 1 aromatic heterocycles. The molecule has 0 radical (unpaired) electrons. The lowest BCUT2D eigenvalue weighted by Crippen LogP contribution is -2.09. The first kappa shape index (κ1) is 8.34. The molecule has 1 aromatic rings. The summed E-state index contributed by atoms with van der Waals surface area (Å²) in [5.74, 6) is 0.950. The highest BCUT2D eigenvalue weighted by Crippen LogP contribution is 2.19. The van der Waals surface area contributed by atoms with Crippen LogP contribution in [0.2, 0.25) is 0 Å². The minimum Gasteiger partial charge on any atom is -0.469 e. The molecule has 0 bridgehead atoms. The number of hydrogen-bond acceptors (Lipinski definition) is 2. The van der Waals surface area contributed by atoms with Crippen LogP contribution in [0.5, 0.6) is 0 Å². The molecule has 62 valence electrons. The van der Waals surface area contributed by atoms with Gasteiger partial charge in [-0.15, -0.1) is 0 Å². The molecule has 0 saturated carbocycles. The summed E-state index contributed by atoms with van der Waals surface area (Å²) in [6.45, 7) is 4.08. The highest BCUT2D eigenvalue weighted by Gasteiger charge is 2.08. The summed E-state index contributed by atoms with van der Waals surface area (Å²) in [7, 11) is 0. The fraction of sp³-hybridized carbons (Fsp3) is 0.556. The van der Waals surface area contributed by atoms with Crippen LogP contribution < -0.4 is 5.73 Å². The summed E-state index contributed by atoms with van der Waals surface area (Å²) in [6, 6.07) is 2.11. The maximum absolute atomic E-state index is 5.89. The second kappa shape index (κ2) is 3.58. The summed E-state index contributed by atoms with van der Waals surface area (Å²) >= 11 is 0. The van der Waals surface area contributed by atoms with Crippen LogP contribution in [0.3, 0.4) is 0 Å². The fourth-order valence-corrected chi connectivity index (χ4v) is 1.25. The Bertz CT molecular complexity index is 217. The van der Waals surface area contributed by atoms with E-state index in [0.29, 0.717) is 0 Å². The molecular weight excluding hydrogens is 138 g/mol. The molecule has 1 atom stereocenters. The van der Waals surface area contributed by atoms with Gasteiger partial charge in [0, 0.05) is 11.6 Å². The van der Waals surface area contributed by atoms with Crippen LogP contribution in [0.25, 0.3) is 0 Å². The van der Waals surface area contributed by atoms with Crippen molar-refractivity contribution in [2.75, 3.05) is 0 Å². The average molecular weight is 153 g/mol. The normalized spacial score (nSPS) is 13.4. The van der Waals surface area contributed by atoms with Gasteiger partial charge < -0.3 is 10.2 Å². The monoisotopic (exact) mass is 153 g/mol.